The standard InChI is InChI=1S/C16H16F3NO5/c1-3-24-13(21)9-5-6-12-10(7-9)11(8-20-12)15(23,16(17,18)19)14(22)25-4-2/h5-8,20,23H,3-4H2,1-2H3. The van der Waals surface area contributed by atoms with Gasteiger partial charge in [-0.2, -0.15) is 13.2 Å². The van der Waals surface area contributed by atoms with E-state index in [0.29, 0.717) is 0 Å². The lowest BCUT2D eigenvalue weighted by molar-refractivity contribution is -0.267. The normalized spacial score (nSPS) is 14.2. The third-order valence-corrected chi connectivity index (χ3v) is 3.56. The lowest BCUT2D eigenvalue weighted by Gasteiger charge is -2.27. The van der Waals surface area contributed by atoms with Crippen molar-refractivity contribution in [2.75, 3.05) is 13.2 Å². The summed E-state index contributed by atoms with van der Waals surface area (Å²) in [5.41, 5.74) is -4.42. The number of esters is 2. The summed E-state index contributed by atoms with van der Waals surface area (Å²) < 4.78 is 49.7. The average Bonchev–Trinajstić information content (AvgIpc) is 2.96. The zero-order valence-electron chi connectivity index (χ0n) is 13.4. The lowest BCUT2D eigenvalue weighted by Crippen LogP contribution is -2.50. The molecule has 1 atom stereocenters. The number of benzene rings is 1. The molecule has 0 amide bonds. The van der Waals surface area contributed by atoms with Crippen molar-refractivity contribution in [3.63, 3.8) is 0 Å². The van der Waals surface area contributed by atoms with Crippen LogP contribution in [-0.4, -0.2) is 41.4 Å². The number of fused-ring (bicyclic) bond motifs is 1. The molecule has 1 aromatic heterocycles. The Labute approximate surface area is 140 Å². The number of H-pyrrole nitrogens is 1. The molecule has 0 aliphatic heterocycles. The second-order valence-electron chi connectivity index (χ2n) is 5.11. The Kier molecular flexibility index (Phi) is 5.07. The molecule has 9 heteroatoms. The fourth-order valence-corrected chi connectivity index (χ4v) is 2.38. The van der Waals surface area contributed by atoms with Gasteiger partial charge >= 0.3 is 18.1 Å². The number of halogens is 3. The van der Waals surface area contributed by atoms with Crippen molar-refractivity contribution in [1.29, 1.82) is 0 Å². The van der Waals surface area contributed by atoms with E-state index in [1.54, 1.807) is 6.92 Å². The summed E-state index contributed by atoms with van der Waals surface area (Å²) in [7, 11) is 0. The molecular formula is C16H16F3NO5. The number of carbonyl (C=O) groups excluding carboxylic acids is 2. The smallest absolute Gasteiger partial charge is 0.432 e. The third-order valence-electron chi connectivity index (χ3n) is 3.56. The molecule has 1 heterocycles. The predicted octanol–water partition coefficient (Wildman–Crippen LogP) is 2.66. The molecule has 0 saturated carbocycles. The van der Waals surface area contributed by atoms with Gasteiger partial charge in [-0.15, -0.1) is 0 Å². The SMILES string of the molecule is CCOC(=O)c1ccc2[nH]cc(C(O)(C(=O)OCC)C(F)(F)F)c2c1. The molecule has 0 aliphatic rings. The molecule has 6 nitrogen and oxygen atoms in total. The van der Waals surface area contributed by atoms with E-state index in [4.69, 9.17) is 4.74 Å². The zero-order chi connectivity index (χ0) is 18.8. The number of hydrogen-bond donors (Lipinski definition) is 2. The lowest BCUT2D eigenvalue weighted by atomic mass is 9.92. The minimum Gasteiger partial charge on any atom is -0.463 e. The molecule has 0 spiro atoms. The number of rotatable bonds is 5. The van der Waals surface area contributed by atoms with Gasteiger partial charge in [0.1, 0.15) is 0 Å². The average molecular weight is 359 g/mol. The molecule has 2 rings (SSSR count). The molecule has 1 aromatic carbocycles. The summed E-state index contributed by atoms with van der Waals surface area (Å²) in [5.74, 6) is -2.58. The van der Waals surface area contributed by atoms with Crippen LogP contribution in [0.15, 0.2) is 24.4 Å². The highest BCUT2D eigenvalue weighted by Gasteiger charge is 2.63. The van der Waals surface area contributed by atoms with Crippen LogP contribution >= 0.6 is 0 Å². The maximum Gasteiger partial charge on any atom is 0.432 e. The van der Waals surface area contributed by atoms with E-state index in [2.05, 4.69) is 9.72 Å². The minimum atomic E-state index is -5.33. The van der Waals surface area contributed by atoms with E-state index in [9.17, 15) is 27.9 Å². The van der Waals surface area contributed by atoms with Gasteiger partial charge in [0.15, 0.2) is 0 Å². The quantitative estimate of drug-likeness (QED) is 0.802. The van der Waals surface area contributed by atoms with Gasteiger partial charge in [0, 0.05) is 22.7 Å². The number of alkyl halides is 3. The Morgan fingerprint density at radius 1 is 1.16 bits per heavy atom. The van der Waals surface area contributed by atoms with Crippen LogP contribution in [0.4, 0.5) is 13.2 Å². The summed E-state index contributed by atoms with van der Waals surface area (Å²) in [4.78, 5) is 26.2. The Balaban J connectivity index is 2.66. The van der Waals surface area contributed by atoms with Crippen LogP contribution in [0.1, 0.15) is 29.8 Å². The number of nitrogens with one attached hydrogen (secondary N) is 1. The largest absolute Gasteiger partial charge is 0.463 e. The van der Waals surface area contributed by atoms with Crippen molar-refractivity contribution >= 4 is 22.8 Å². The first-order chi connectivity index (χ1) is 11.7. The van der Waals surface area contributed by atoms with Crippen molar-refractivity contribution in [3.8, 4) is 0 Å². The maximum atomic E-state index is 13.5. The van der Waals surface area contributed by atoms with Gasteiger partial charge in [-0.1, -0.05) is 0 Å². The van der Waals surface area contributed by atoms with E-state index in [0.717, 1.165) is 12.3 Å². The second kappa shape index (κ2) is 6.75. The van der Waals surface area contributed by atoms with Gasteiger partial charge in [-0.3, -0.25) is 0 Å². The topological polar surface area (TPSA) is 88.6 Å². The van der Waals surface area contributed by atoms with Gasteiger partial charge in [-0.05, 0) is 32.0 Å². The molecular weight excluding hydrogens is 343 g/mol. The van der Waals surface area contributed by atoms with Crippen molar-refractivity contribution in [2.24, 2.45) is 0 Å². The first-order valence-corrected chi connectivity index (χ1v) is 7.41. The van der Waals surface area contributed by atoms with Gasteiger partial charge in [0.2, 0.25) is 0 Å². The van der Waals surface area contributed by atoms with Crippen molar-refractivity contribution < 1.29 is 37.3 Å². The van der Waals surface area contributed by atoms with Crippen molar-refractivity contribution in [3.05, 3.63) is 35.5 Å². The molecule has 0 fully saturated rings. The number of carbonyl (C=O) groups is 2. The van der Waals surface area contributed by atoms with Gasteiger partial charge in [0.05, 0.1) is 18.8 Å². The fourth-order valence-electron chi connectivity index (χ4n) is 2.38. The number of hydrogen-bond acceptors (Lipinski definition) is 5. The molecule has 0 saturated heterocycles. The highest BCUT2D eigenvalue weighted by molar-refractivity contribution is 5.98. The Morgan fingerprint density at radius 2 is 1.80 bits per heavy atom. The molecule has 25 heavy (non-hydrogen) atoms. The summed E-state index contributed by atoms with van der Waals surface area (Å²) >= 11 is 0. The first-order valence-electron chi connectivity index (χ1n) is 7.41. The van der Waals surface area contributed by atoms with Crippen LogP contribution in [-0.2, 0) is 19.9 Å². The number of ether oxygens (including phenoxy) is 2. The Bertz CT molecular complexity index is 799. The van der Waals surface area contributed by atoms with E-state index >= 15 is 0 Å². The Morgan fingerprint density at radius 3 is 2.36 bits per heavy atom. The van der Waals surface area contributed by atoms with E-state index in [-0.39, 0.29) is 29.7 Å². The number of aliphatic hydroxyl groups is 1. The first kappa shape index (κ1) is 18.8. The summed E-state index contributed by atoms with van der Waals surface area (Å²) in [6.07, 6.45) is -4.46. The monoisotopic (exact) mass is 359 g/mol. The second-order valence-corrected chi connectivity index (χ2v) is 5.11. The molecule has 136 valence electrons. The van der Waals surface area contributed by atoms with Crippen molar-refractivity contribution in [1.82, 2.24) is 4.98 Å². The van der Waals surface area contributed by atoms with Crippen molar-refractivity contribution in [2.45, 2.75) is 25.6 Å². The number of aromatic amines is 1. The van der Waals surface area contributed by atoms with Crippen LogP contribution in [0.2, 0.25) is 0 Å². The highest BCUT2D eigenvalue weighted by Crippen LogP contribution is 2.43. The maximum absolute atomic E-state index is 13.5. The van der Waals surface area contributed by atoms with Gasteiger partial charge in [0.25, 0.3) is 5.60 Å². The molecule has 1 unspecified atom stereocenters. The summed E-state index contributed by atoms with van der Waals surface area (Å²) in [6.45, 7) is 2.66. The third kappa shape index (κ3) is 3.19. The zero-order valence-corrected chi connectivity index (χ0v) is 13.4. The van der Waals surface area contributed by atoms with E-state index in [1.165, 1.54) is 19.1 Å². The predicted molar refractivity (Wildman–Crippen MR) is 80.8 cm³/mol. The molecule has 2 N–H and O–H groups in total. The highest BCUT2D eigenvalue weighted by atomic mass is 19.4. The van der Waals surface area contributed by atoms with Gasteiger partial charge < -0.3 is 19.6 Å². The van der Waals surface area contributed by atoms with Crippen LogP contribution in [0.3, 0.4) is 0 Å². The van der Waals surface area contributed by atoms with Gasteiger partial charge in [-0.25, -0.2) is 9.59 Å². The van der Waals surface area contributed by atoms with E-state index < -0.39 is 29.3 Å². The molecule has 0 radical (unpaired) electrons. The van der Waals surface area contributed by atoms with E-state index in [1.807, 2.05) is 0 Å². The van der Waals surface area contributed by atoms with Crippen LogP contribution < -0.4 is 0 Å². The molecule has 0 aliphatic carbocycles. The molecule has 2 aromatic rings. The fraction of sp³-hybridized carbons (Fsp3) is 0.375. The summed E-state index contributed by atoms with van der Waals surface area (Å²) in [5, 5.41) is 10.1. The minimum absolute atomic E-state index is 0.0106. The van der Waals surface area contributed by atoms with Crippen LogP contribution in [0.25, 0.3) is 10.9 Å². The van der Waals surface area contributed by atoms with Crippen LogP contribution in [0, 0.1) is 0 Å². The molecule has 0 bridgehead atoms. The van der Waals surface area contributed by atoms with Crippen LogP contribution in [0.5, 0.6) is 0 Å². The number of aromatic nitrogens is 1. The summed E-state index contributed by atoms with van der Waals surface area (Å²) in [6, 6.07) is 3.83. The Hall–Kier alpha value is -2.55.